The summed E-state index contributed by atoms with van der Waals surface area (Å²) in [7, 11) is 0. The molecule has 0 rings (SSSR count). The maximum absolute atomic E-state index is 12.3. The highest BCUT2D eigenvalue weighted by atomic mass is 16.3. The molecule has 0 aromatic rings. The molecule has 0 saturated carbocycles. The van der Waals surface area contributed by atoms with E-state index < -0.39 is 18.2 Å². The predicted octanol–water partition coefficient (Wildman–Crippen LogP) is 8.53. The van der Waals surface area contributed by atoms with Gasteiger partial charge in [-0.2, -0.15) is 0 Å². The number of amides is 1. The molecule has 3 atom stereocenters. The van der Waals surface area contributed by atoms with Crippen LogP contribution in [0.1, 0.15) is 174 Å². The van der Waals surface area contributed by atoms with Gasteiger partial charge in [-0.3, -0.25) is 4.79 Å². The van der Waals surface area contributed by atoms with E-state index in [1.54, 1.807) is 6.08 Å². The molecular formula is C34H67NO4. The fourth-order valence-electron chi connectivity index (χ4n) is 5.16. The number of aliphatic hydroxyl groups is 3. The van der Waals surface area contributed by atoms with Crippen molar-refractivity contribution in [1.82, 2.24) is 5.32 Å². The van der Waals surface area contributed by atoms with Gasteiger partial charge in [0.2, 0.25) is 5.91 Å². The molecule has 0 saturated heterocycles. The molecule has 1 amide bonds. The Morgan fingerprint density at radius 2 is 1.05 bits per heavy atom. The summed E-state index contributed by atoms with van der Waals surface area (Å²) in [6.07, 6.45) is 31.9. The molecule has 0 bridgehead atoms. The first-order valence-electron chi connectivity index (χ1n) is 17.0. The number of rotatable bonds is 30. The highest BCUT2D eigenvalue weighted by Crippen LogP contribution is 2.15. The summed E-state index contributed by atoms with van der Waals surface area (Å²) in [5, 5.41) is 32.9. The molecule has 0 aliphatic rings. The minimum Gasteiger partial charge on any atom is -0.394 e. The summed E-state index contributed by atoms with van der Waals surface area (Å²) in [5.74, 6) is -0.317. The van der Waals surface area contributed by atoms with Gasteiger partial charge in [-0.15, -0.1) is 0 Å². The maximum atomic E-state index is 12.3. The lowest BCUT2D eigenvalue weighted by molar-refractivity contribution is -0.124. The van der Waals surface area contributed by atoms with E-state index in [4.69, 9.17) is 0 Å². The van der Waals surface area contributed by atoms with E-state index in [1.165, 1.54) is 122 Å². The van der Waals surface area contributed by atoms with Gasteiger partial charge in [0.1, 0.15) is 0 Å². The first kappa shape index (κ1) is 38.1. The molecule has 232 valence electrons. The van der Waals surface area contributed by atoms with Crippen molar-refractivity contribution in [2.75, 3.05) is 6.61 Å². The number of hydrogen-bond acceptors (Lipinski definition) is 4. The van der Waals surface area contributed by atoms with Crippen molar-refractivity contribution in [3.05, 3.63) is 12.2 Å². The summed E-state index contributed by atoms with van der Waals surface area (Å²) >= 11 is 0. The normalized spacial score (nSPS) is 14.1. The smallest absolute Gasteiger partial charge is 0.222 e. The number of carbonyl (C=O) groups is 1. The van der Waals surface area contributed by atoms with Crippen molar-refractivity contribution in [3.8, 4) is 0 Å². The van der Waals surface area contributed by atoms with Crippen LogP contribution in [-0.2, 0) is 4.79 Å². The fourth-order valence-corrected chi connectivity index (χ4v) is 5.16. The molecule has 4 N–H and O–H groups in total. The molecule has 0 aliphatic carbocycles. The third-order valence-corrected chi connectivity index (χ3v) is 7.82. The van der Waals surface area contributed by atoms with Crippen molar-refractivity contribution < 1.29 is 20.1 Å². The van der Waals surface area contributed by atoms with Gasteiger partial charge in [-0.1, -0.05) is 161 Å². The highest BCUT2D eigenvalue weighted by Gasteiger charge is 2.20. The van der Waals surface area contributed by atoms with Crippen molar-refractivity contribution in [3.63, 3.8) is 0 Å². The molecular weight excluding hydrogens is 486 g/mol. The lowest BCUT2D eigenvalue weighted by Crippen LogP contribution is -2.45. The average molecular weight is 554 g/mol. The summed E-state index contributed by atoms with van der Waals surface area (Å²) < 4.78 is 0. The number of aliphatic hydroxyl groups excluding tert-OH is 3. The summed E-state index contributed by atoms with van der Waals surface area (Å²) in [4.78, 5) is 12.3. The zero-order valence-corrected chi connectivity index (χ0v) is 26.0. The van der Waals surface area contributed by atoms with Gasteiger partial charge < -0.3 is 20.6 Å². The van der Waals surface area contributed by atoms with E-state index >= 15 is 0 Å². The average Bonchev–Trinajstić information content (AvgIpc) is 2.92. The van der Waals surface area contributed by atoms with Crippen LogP contribution >= 0.6 is 0 Å². The molecule has 0 aromatic carbocycles. The van der Waals surface area contributed by atoms with Crippen LogP contribution in [-0.4, -0.2) is 46.1 Å². The molecule has 0 heterocycles. The third kappa shape index (κ3) is 27.0. The van der Waals surface area contributed by atoms with E-state index in [0.29, 0.717) is 6.42 Å². The molecule has 39 heavy (non-hydrogen) atoms. The van der Waals surface area contributed by atoms with E-state index in [0.717, 1.165) is 25.7 Å². The van der Waals surface area contributed by atoms with E-state index in [-0.39, 0.29) is 18.9 Å². The van der Waals surface area contributed by atoms with E-state index in [1.807, 2.05) is 6.08 Å². The molecule has 5 nitrogen and oxygen atoms in total. The minimum atomic E-state index is -0.920. The second-order valence-corrected chi connectivity index (χ2v) is 11.8. The molecule has 0 fully saturated rings. The Morgan fingerprint density at radius 3 is 1.49 bits per heavy atom. The van der Waals surface area contributed by atoms with Crippen molar-refractivity contribution in [2.45, 2.75) is 193 Å². The molecule has 0 spiro atoms. The number of allylic oxidation sites excluding steroid dienone is 1. The van der Waals surface area contributed by atoms with Crippen molar-refractivity contribution in [2.24, 2.45) is 0 Å². The van der Waals surface area contributed by atoms with Crippen molar-refractivity contribution >= 4 is 5.91 Å². The topological polar surface area (TPSA) is 89.8 Å². The van der Waals surface area contributed by atoms with Crippen LogP contribution in [0.5, 0.6) is 0 Å². The Hall–Kier alpha value is -0.910. The standard InChI is InChI=1S/C34H67NO4/c1-3-5-7-9-11-13-15-16-17-18-19-21-23-25-27-31(37)29-34(39)35-32(30-36)33(38)28-26-24-22-20-14-12-10-8-6-4-2/h26,28,31-33,36-38H,3-25,27,29-30H2,1-2H3,(H,35,39)/b28-26+. The van der Waals surface area contributed by atoms with Gasteiger partial charge in [0.05, 0.1) is 31.3 Å². The van der Waals surface area contributed by atoms with Crippen LogP contribution in [0.15, 0.2) is 12.2 Å². The van der Waals surface area contributed by atoms with Crippen LogP contribution in [0.2, 0.25) is 0 Å². The second-order valence-electron chi connectivity index (χ2n) is 11.8. The summed E-state index contributed by atoms with van der Waals surface area (Å²) in [6.45, 7) is 4.17. The van der Waals surface area contributed by atoms with Crippen LogP contribution < -0.4 is 5.32 Å². The quantitative estimate of drug-likeness (QED) is 0.0530. The fraction of sp³-hybridized carbons (Fsp3) is 0.912. The zero-order valence-electron chi connectivity index (χ0n) is 26.0. The van der Waals surface area contributed by atoms with Gasteiger partial charge >= 0.3 is 0 Å². The molecule has 5 heteroatoms. The van der Waals surface area contributed by atoms with Crippen LogP contribution in [0.3, 0.4) is 0 Å². The highest BCUT2D eigenvalue weighted by molar-refractivity contribution is 5.76. The number of carbonyl (C=O) groups excluding carboxylic acids is 1. The Balaban J connectivity index is 3.74. The van der Waals surface area contributed by atoms with Crippen LogP contribution in [0, 0.1) is 0 Å². The summed E-state index contributed by atoms with van der Waals surface area (Å²) in [5.41, 5.74) is 0. The number of nitrogens with one attached hydrogen (secondary N) is 1. The Kier molecular flexibility index (Phi) is 29.4. The molecule has 0 aliphatic heterocycles. The first-order valence-corrected chi connectivity index (χ1v) is 17.0. The van der Waals surface area contributed by atoms with E-state index in [9.17, 15) is 20.1 Å². The second kappa shape index (κ2) is 30.1. The largest absolute Gasteiger partial charge is 0.394 e. The Bertz CT molecular complexity index is 539. The Morgan fingerprint density at radius 1 is 0.641 bits per heavy atom. The van der Waals surface area contributed by atoms with Gasteiger partial charge in [-0.25, -0.2) is 0 Å². The number of unbranched alkanes of at least 4 members (excludes halogenated alkanes) is 21. The molecule has 0 aromatic heterocycles. The SMILES string of the molecule is CCCCCCCCCC/C=C/C(O)C(CO)NC(=O)CC(O)CCCCCCCCCCCCCCCC. The van der Waals surface area contributed by atoms with Crippen LogP contribution in [0.4, 0.5) is 0 Å². The van der Waals surface area contributed by atoms with Crippen molar-refractivity contribution in [1.29, 1.82) is 0 Å². The first-order chi connectivity index (χ1) is 19.0. The number of hydrogen-bond donors (Lipinski definition) is 4. The van der Waals surface area contributed by atoms with Crippen LogP contribution in [0.25, 0.3) is 0 Å². The van der Waals surface area contributed by atoms with Gasteiger partial charge in [-0.05, 0) is 19.3 Å². The van der Waals surface area contributed by atoms with Gasteiger partial charge in [0.15, 0.2) is 0 Å². The monoisotopic (exact) mass is 554 g/mol. The van der Waals surface area contributed by atoms with E-state index in [2.05, 4.69) is 19.2 Å². The molecule has 0 radical (unpaired) electrons. The Labute approximate surface area is 242 Å². The lowest BCUT2D eigenvalue weighted by Gasteiger charge is -2.21. The zero-order chi connectivity index (χ0) is 28.8. The maximum Gasteiger partial charge on any atom is 0.222 e. The molecule has 3 unspecified atom stereocenters. The summed E-state index contributed by atoms with van der Waals surface area (Å²) in [6, 6.07) is -0.736. The van der Waals surface area contributed by atoms with Gasteiger partial charge in [0, 0.05) is 0 Å². The minimum absolute atomic E-state index is 0.0175. The third-order valence-electron chi connectivity index (χ3n) is 7.82. The predicted molar refractivity (Wildman–Crippen MR) is 167 cm³/mol. The van der Waals surface area contributed by atoms with Gasteiger partial charge in [0.25, 0.3) is 0 Å². The lowest BCUT2D eigenvalue weighted by atomic mass is 10.0.